The second-order valence-electron chi connectivity index (χ2n) is 3.42. The van der Waals surface area contributed by atoms with Gasteiger partial charge in [0.15, 0.2) is 0 Å². The van der Waals surface area contributed by atoms with Crippen LogP contribution in [0.2, 0.25) is 0 Å². The van der Waals surface area contributed by atoms with Gasteiger partial charge in [0.25, 0.3) is 0 Å². The van der Waals surface area contributed by atoms with Gasteiger partial charge in [-0.2, -0.15) is 0 Å². The summed E-state index contributed by atoms with van der Waals surface area (Å²) in [6.45, 7) is 2.96. The zero-order valence-corrected chi connectivity index (χ0v) is 10.7. The summed E-state index contributed by atoms with van der Waals surface area (Å²) in [6, 6.07) is 8.61. The number of halogens is 1. The first-order valence-electron chi connectivity index (χ1n) is 4.88. The first-order chi connectivity index (χ1) is 7.26. The summed E-state index contributed by atoms with van der Waals surface area (Å²) < 4.78 is 0. The van der Waals surface area contributed by atoms with Gasteiger partial charge in [0.05, 0.1) is 0 Å². The summed E-state index contributed by atoms with van der Waals surface area (Å²) >= 11 is 7.41. The summed E-state index contributed by atoms with van der Waals surface area (Å²) in [5, 5.41) is 3.13. The van der Waals surface area contributed by atoms with E-state index in [0.717, 1.165) is 12.3 Å². The Labute approximate surface area is 101 Å². The Morgan fingerprint density at radius 1 is 1.40 bits per heavy atom. The highest BCUT2D eigenvalue weighted by Gasteiger charge is 1.96. The van der Waals surface area contributed by atoms with E-state index in [1.807, 2.05) is 14.0 Å². The Balaban J connectivity index is 2.49. The SMILES string of the molecule is CNCc1ccc(SC/C(C)=C/Cl)cc1. The van der Waals surface area contributed by atoms with Crippen LogP contribution in [0.25, 0.3) is 0 Å². The van der Waals surface area contributed by atoms with Crippen LogP contribution >= 0.6 is 23.4 Å². The maximum Gasteiger partial charge on any atom is 0.0202 e. The minimum atomic E-state index is 0.922. The van der Waals surface area contributed by atoms with Crippen molar-refractivity contribution in [1.29, 1.82) is 0 Å². The van der Waals surface area contributed by atoms with Crippen LogP contribution in [0.3, 0.4) is 0 Å². The summed E-state index contributed by atoms with van der Waals surface area (Å²) in [5.74, 6) is 0.953. The molecule has 0 fully saturated rings. The van der Waals surface area contributed by atoms with Gasteiger partial charge in [0, 0.05) is 22.7 Å². The van der Waals surface area contributed by atoms with Gasteiger partial charge >= 0.3 is 0 Å². The van der Waals surface area contributed by atoms with E-state index in [0.29, 0.717) is 0 Å². The van der Waals surface area contributed by atoms with E-state index < -0.39 is 0 Å². The third-order valence-corrected chi connectivity index (χ3v) is 3.53. The Bertz CT molecular complexity index is 319. The van der Waals surface area contributed by atoms with Crippen molar-refractivity contribution < 1.29 is 0 Å². The van der Waals surface area contributed by atoms with Crippen LogP contribution in [-0.4, -0.2) is 12.8 Å². The summed E-state index contributed by atoms with van der Waals surface area (Å²) in [4.78, 5) is 1.28. The fraction of sp³-hybridized carbons (Fsp3) is 0.333. The molecule has 0 atom stereocenters. The Morgan fingerprint density at radius 2 is 2.07 bits per heavy atom. The minimum absolute atomic E-state index is 0.922. The van der Waals surface area contributed by atoms with Gasteiger partial charge in [-0.05, 0) is 31.7 Å². The molecule has 1 rings (SSSR count). The minimum Gasteiger partial charge on any atom is -0.316 e. The number of hydrogen-bond donors (Lipinski definition) is 1. The van der Waals surface area contributed by atoms with Crippen LogP contribution in [0.15, 0.2) is 40.3 Å². The van der Waals surface area contributed by atoms with Crippen molar-refractivity contribution in [2.24, 2.45) is 0 Å². The van der Waals surface area contributed by atoms with Gasteiger partial charge in [-0.1, -0.05) is 29.3 Å². The first-order valence-corrected chi connectivity index (χ1v) is 6.30. The third-order valence-electron chi connectivity index (χ3n) is 1.96. The summed E-state index contributed by atoms with van der Waals surface area (Å²) in [5.41, 5.74) is 4.15. The van der Waals surface area contributed by atoms with Crippen molar-refractivity contribution >= 4 is 23.4 Å². The summed E-state index contributed by atoms with van der Waals surface area (Å²) in [7, 11) is 1.96. The van der Waals surface area contributed by atoms with Gasteiger partial charge in [-0.15, -0.1) is 11.8 Å². The van der Waals surface area contributed by atoms with Gasteiger partial charge in [-0.3, -0.25) is 0 Å². The van der Waals surface area contributed by atoms with Crippen molar-refractivity contribution in [2.75, 3.05) is 12.8 Å². The molecular weight excluding hydrogens is 226 g/mol. The molecule has 0 saturated heterocycles. The fourth-order valence-corrected chi connectivity index (χ4v) is 2.11. The smallest absolute Gasteiger partial charge is 0.0202 e. The molecule has 0 bridgehead atoms. The van der Waals surface area contributed by atoms with Crippen LogP contribution in [-0.2, 0) is 6.54 Å². The predicted molar refractivity (Wildman–Crippen MR) is 69.5 cm³/mol. The molecule has 0 heterocycles. The van der Waals surface area contributed by atoms with Gasteiger partial charge in [0.1, 0.15) is 0 Å². The largest absolute Gasteiger partial charge is 0.316 e. The zero-order chi connectivity index (χ0) is 11.1. The maximum atomic E-state index is 5.60. The number of hydrogen-bond acceptors (Lipinski definition) is 2. The molecule has 1 N–H and O–H groups in total. The monoisotopic (exact) mass is 241 g/mol. The molecule has 15 heavy (non-hydrogen) atoms. The third kappa shape index (κ3) is 4.74. The Kier molecular flexibility index (Phi) is 5.84. The Hall–Kier alpha value is -0.440. The highest BCUT2D eigenvalue weighted by molar-refractivity contribution is 7.99. The van der Waals surface area contributed by atoms with E-state index in [2.05, 4.69) is 29.6 Å². The molecule has 0 unspecified atom stereocenters. The molecule has 1 nitrogen and oxygen atoms in total. The second kappa shape index (κ2) is 6.94. The van der Waals surface area contributed by atoms with E-state index in [-0.39, 0.29) is 0 Å². The van der Waals surface area contributed by atoms with Crippen LogP contribution < -0.4 is 5.32 Å². The first kappa shape index (κ1) is 12.6. The average Bonchev–Trinajstić information content (AvgIpc) is 2.28. The van der Waals surface area contributed by atoms with Gasteiger partial charge in [-0.25, -0.2) is 0 Å². The van der Waals surface area contributed by atoms with E-state index in [1.165, 1.54) is 16.0 Å². The van der Waals surface area contributed by atoms with E-state index in [1.54, 1.807) is 17.3 Å². The molecule has 1 aromatic rings. The molecule has 0 aliphatic rings. The molecule has 82 valence electrons. The second-order valence-corrected chi connectivity index (χ2v) is 4.69. The predicted octanol–water partition coefficient (Wildman–Crippen LogP) is 3.64. The summed E-state index contributed by atoms with van der Waals surface area (Å²) in [6.07, 6.45) is 0. The molecular formula is C12H16ClNS. The van der Waals surface area contributed by atoms with E-state index in [4.69, 9.17) is 11.6 Å². The van der Waals surface area contributed by atoms with Crippen molar-refractivity contribution in [3.05, 3.63) is 40.9 Å². The molecule has 0 radical (unpaired) electrons. The van der Waals surface area contributed by atoms with Crippen LogP contribution in [0, 0.1) is 0 Å². The lowest BCUT2D eigenvalue weighted by molar-refractivity contribution is 0.817. The van der Waals surface area contributed by atoms with Crippen LogP contribution in [0.5, 0.6) is 0 Å². The lowest BCUT2D eigenvalue weighted by Crippen LogP contribution is -2.04. The van der Waals surface area contributed by atoms with Crippen molar-refractivity contribution in [1.82, 2.24) is 5.32 Å². The lowest BCUT2D eigenvalue weighted by Gasteiger charge is -2.03. The van der Waals surface area contributed by atoms with E-state index >= 15 is 0 Å². The van der Waals surface area contributed by atoms with Gasteiger partial charge < -0.3 is 5.32 Å². The number of benzene rings is 1. The fourth-order valence-electron chi connectivity index (χ4n) is 1.14. The van der Waals surface area contributed by atoms with Crippen molar-refractivity contribution in [3.63, 3.8) is 0 Å². The number of nitrogens with one attached hydrogen (secondary N) is 1. The molecule has 1 aromatic carbocycles. The molecule has 0 aromatic heterocycles. The Morgan fingerprint density at radius 3 is 2.60 bits per heavy atom. The molecule has 0 amide bonds. The standard InChI is InChI=1S/C12H16ClNS/c1-10(7-13)9-15-12-5-3-11(4-6-12)8-14-2/h3-7,14H,8-9H2,1-2H3/b10-7+. The highest BCUT2D eigenvalue weighted by atomic mass is 35.5. The lowest BCUT2D eigenvalue weighted by atomic mass is 10.2. The quantitative estimate of drug-likeness (QED) is 0.790. The van der Waals surface area contributed by atoms with Crippen molar-refractivity contribution in [2.45, 2.75) is 18.4 Å². The van der Waals surface area contributed by atoms with Crippen LogP contribution in [0.1, 0.15) is 12.5 Å². The maximum absolute atomic E-state index is 5.60. The molecule has 0 saturated carbocycles. The topological polar surface area (TPSA) is 12.0 Å². The molecule has 3 heteroatoms. The normalized spacial score (nSPS) is 11.8. The molecule has 0 aliphatic carbocycles. The van der Waals surface area contributed by atoms with Crippen LogP contribution in [0.4, 0.5) is 0 Å². The van der Waals surface area contributed by atoms with Gasteiger partial charge in [0.2, 0.25) is 0 Å². The average molecular weight is 242 g/mol. The molecule has 0 aliphatic heterocycles. The van der Waals surface area contributed by atoms with Crippen molar-refractivity contribution in [3.8, 4) is 0 Å². The number of rotatable bonds is 5. The van der Waals surface area contributed by atoms with E-state index in [9.17, 15) is 0 Å². The number of thioether (sulfide) groups is 1. The highest BCUT2D eigenvalue weighted by Crippen LogP contribution is 2.21. The molecule has 0 spiro atoms. The zero-order valence-electron chi connectivity index (χ0n) is 9.09.